The topological polar surface area (TPSA) is 90.0 Å². The fraction of sp³-hybridized carbons (Fsp3) is 0.348. The van der Waals surface area contributed by atoms with E-state index in [1.165, 1.54) is 12.1 Å². The zero-order valence-corrected chi connectivity index (χ0v) is 17.2. The average Bonchev–Trinajstić information content (AvgIpc) is 3.19. The van der Waals surface area contributed by atoms with Crippen molar-refractivity contribution in [1.82, 2.24) is 9.80 Å². The molecule has 7 nitrogen and oxygen atoms in total. The third-order valence-electron chi connectivity index (χ3n) is 5.77. The molecular weight excluding hydrogens is 401 g/mol. The zero-order chi connectivity index (χ0) is 22.3. The maximum atomic E-state index is 13.9. The first-order chi connectivity index (χ1) is 15.0. The van der Waals surface area contributed by atoms with Crippen molar-refractivity contribution in [2.75, 3.05) is 18.4 Å². The predicted molar refractivity (Wildman–Crippen MR) is 114 cm³/mol. The predicted octanol–water partition coefficient (Wildman–Crippen LogP) is 3.72. The van der Waals surface area contributed by atoms with Crippen LogP contribution >= 0.6 is 0 Å². The molecule has 2 N–H and O–H groups in total. The van der Waals surface area contributed by atoms with Crippen LogP contribution in [0.25, 0.3) is 0 Å². The Kier molecular flexibility index (Phi) is 7.23. The number of amides is 3. The van der Waals surface area contributed by atoms with Crippen LogP contribution in [0.5, 0.6) is 0 Å². The van der Waals surface area contributed by atoms with Crippen molar-refractivity contribution in [3.8, 4) is 0 Å². The maximum Gasteiger partial charge on any atom is 0.322 e. The molecule has 0 aromatic heterocycles. The van der Waals surface area contributed by atoms with Crippen LogP contribution < -0.4 is 5.32 Å². The van der Waals surface area contributed by atoms with E-state index in [2.05, 4.69) is 5.32 Å². The minimum Gasteiger partial charge on any atom is -0.483 e. The van der Waals surface area contributed by atoms with Gasteiger partial charge < -0.3 is 20.2 Å². The van der Waals surface area contributed by atoms with Gasteiger partial charge in [0.1, 0.15) is 11.4 Å². The highest BCUT2D eigenvalue weighted by Crippen LogP contribution is 2.39. The number of rotatable bonds is 3. The lowest BCUT2D eigenvalue weighted by Gasteiger charge is -2.44. The first kappa shape index (κ1) is 22.3. The molecule has 0 aliphatic carbocycles. The van der Waals surface area contributed by atoms with Gasteiger partial charge in [-0.2, -0.15) is 0 Å². The van der Waals surface area contributed by atoms with E-state index in [0.29, 0.717) is 32.5 Å². The van der Waals surface area contributed by atoms with Gasteiger partial charge in [-0.05, 0) is 43.4 Å². The average molecular weight is 427 g/mol. The summed E-state index contributed by atoms with van der Waals surface area (Å²) in [7, 11) is 0. The van der Waals surface area contributed by atoms with E-state index >= 15 is 0 Å². The molecule has 2 aliphatic heterocycles. The van der Waals surface area contributed by atoms with Gasteiger partial charge in [0.15, 0.2) is 0 Å². The van der Waals surface area contributed by atoms with Crippen molar-refractivity contribution in [1.29, 1.82) is 0 Å². The number of likely N-dealkylation sites (tertiary alicyclic amines) is 2. The lowest BCUT2D eigenvalue weighted by molar-refractivity contribution is -0.146. The van der Waals surface area contributed by atoms with Crippen LogP contribution in [0.1, 0.15) is 31.2 Å². The van der Waals surface area contributed by atoms with E-state index in [0.717, 1.165) is 18.4 Å². The fourth-order valence-electron chi connectivity index (χ4n) is 4.42. The number of nitrogens with one attached hydrogen (secondary N) is 1. The molecule has 1 spiro atoms. The van der Waals surface area contributed by atoms with E-state index in [1.54, 1.807) is 17.0 Å². The number of urea groups is 1. The van der Waals surface area contributed by atoms with Crippen LogP contribution in [-0.4, -0.2) is 51.9 Å². The summed E-state index contributed by atoms with van der Waals surface area (Å²) >= 11 is 0. The molecule has 164 valence electrons. The quantitative estimate of drug-likeness (QED) is 0.731. The Bertz CT molecular complexity index is 924. The Labute approximate surface area is 180 Å². The van der Waals surface area contributed by atoms with Crippen LogP contribution in [0.15, 0.2) is 54.6 Å². The number of carbonyl (C=O) groups is 3. The summed E-state index contributed by atoms with van der Waals surface area (Å²) < 4.78 is 13.9. The Hall–Kier alpha value is -3.42. The highest BCUT2D eigenvalue weighted by Gasteiger charge is 2.52. The number of carbonyl (C=O) groups excluding carboxylic acids is 2. The number of piperidine rings is 1. The largest absolute Gasteiger partial charge is 0.483 e. The molecule has 1 atom stereocenters. The van der Waals surface area contributed by atoms with E-state index in [4.69, 9.17) is 9.90 Å². The Morgan fingerprint density at radius 1 is 1.06 bits per heavy atom. The fourth-order valence-corrected chi connectivity index (χ4v) is 4.42. The summed E-state index contributed by atoms with van der Waals surface area (Å²) in [5.74, 6) is -0.478. The third-order valence-corrected chi connectivity index (χ3v) is 5.77. The first-order valence-corrected chi connectivity index (χ1v) is 10.3. The molecule has 2 saturated heterocycles. The van der Waals surface area contributed by atoms with Gasteiger partial charge >= 0.3 is 6.03 Å². The molecule has 2 fully saturated rings. The molecule has 1 unspecified atom stereocenters. The van der Waals surface area contributed by atoms with Crippen molar-refractivity contribution in [2.24, 2.45) is 0 Å². The van der Waals surface area contributed by atoms with E-state index < -0.39 is 17.4 Å². The standard InChI is InChI=1S/C22H24FN3O2.CH2O2/c23-18-10-4-5-11-19(18)24-21(28)26-15-7-13-22(26)12-6-14-25(20(22)27)16-17-8-2-1-3-9-17;2-1-3/h1-5,8-11H,6-7,12-16H2,(H,24,28);1H,(H,2,3). The number of para-hydroxylation sites is 1. The molecule has 2 aliphatic rings. The Morgan fingerprint density at radius 2 is 1.68 bits per heavy atom. The molecule has 0 saturated carbocycles. The summed E-state index contributed by atoms with van der Waals surface area (Å²) in [6.45, 7) is 1.49. The summed E-state index contributed by atoms with van der Waals surface area (Å²) in [6.07, 6.45) is 2.93. The smallest absolute Gasteiger partial charge is 0.322 e. The van der Waals surface area contributed by atoms with Gasteiger partial charge in [0.25, 0.3) is 6.47 Å². The van der Waals surface area contributed by atoms with Crippen LogP contribution in [0.4, 0.5) is 14.9 Å². The highest BCUT2D eigenvalue weighted by atomic mass is 19.1. The van der Waals surface area contributed by atoms with Crippen molar-refractivity contribution < 1.29 is 23.9 Å². The van der Waals surface area contributed by atoms with Crippen molar-refractivity contribution >= 4 is 24.1 Å². The number of carboxylic acid groups (broad SMARTS) is 1. The SMILES string of the molecule is O=C(Nc1ccccc1F)N1CCCC12CCCN(Cc1ccccc1)C2=O.O=CO. The number of hydrogen-bond acceptors (Lipinski definition) is 3. The van der Waals surface area contributed by atoms with Gasteiger partial charge in [-0.25, -0.2) is 9.18 Å². The molecule has 0 radical (unpaired) electrons. The minimum absolute atomic E-state index is 0.00351. The van der Waals surface area contributed by atoms with Crippen LogP contribution in [0, 0.1) is 5.82 Å². The molecule has 0 bridgehead atoms. The van der Waals surface area contributed by atoms with Crippen LogP contribution in [-0.2, 0) is 16.1 Å². The van der Waals surface area contributed by atoms with Gasteiger partial charge in [0.05, 0.1) is 5.69 Å². The second-order valence-corrected chi connectivity index (χ2v) is 7.62. The molecule has 2 aromatic rings. The number of hydrogen-bond donors (Lipinski definition) is 2. The second-order valence-electron chi connectivity index (χ2n) is 7.62. The van der Waals surface area contributed by atoms with E-state index in [-0.39, 0.29) is 18.1 Å². The molecule has 2 aromatic carbocycles. The number of halogens is 1. The summed E-state index contributed by atoms with van der Waals surface area (Å²) in [6, 6.07) is 15.6. The third kappa shape index (κ3) is 4.84. The van der Waals surface area contributed by atoms with Gasteiger partial charge in [0, 0.05) is 19.6 Å². The number of benzene rings is 2. The lowest BCUT2D eigenvalue weighted by Crippen LogP contribution is -2.61. The molecule has 31 heavy (non-hydrogen) atoms. The van der Waals surface area contributed by atoms with Gasteiger partial charge in [-0.3, -0.25) is 9.59 Å². The first-order valence-electron chi connectivity index (χ1n) is 10.3. The van der Waals surface area contributed by atoms with Gasteiger partial charge in [-0.15, -0.1) is 0 Å². The van der Waals surface area contributed by atoms with Gasteiger partial charge in [-0.1, -0.05) is 42.5 Å². The summed E-state index contributed by atoms with van der Waals surface area (Å²) in [5.41, 5.74) is 0.398. The highest BCUT2D eigenvalue weighted by molar-refractivity contribution is 5.97. The minimum atomic E-state index is -0.817. The number of nitrogens with zero attached hydrogens (tertiary/aromatic N) is 2. The summed E-state index contributed by atoms with van der Waals surface area (Å²) in [4.78, 5) is 38.2. The molecule has 2 heterocycles. The molecule has 8 heteroatoms. The van der Waals surface area contributed by atoms with Crippen molar-refractivity contribution in [2.45, 2.75) is 37.8 Å². The molecular formula is C23H26FN3O4. The van der Waals surface area contributed by atoms with Gasteiger partial charge in [0.2, 0.25) is 5.91 Å². The number of anilines is 1. The van der Waals surface area contributed by atoms with E-state index in [1.807, 2.05) is 35.2 Å². The normalized spacial score (nSPS) is 20.2. The Balaban J connectivity index is 0.000000858. The lowest BCUT2D eigenvalue weighted by atomic mass is 9.85. The maximum absolute atomic E-state index is 13.9. The monoisotopic (exact) mass is 427 g/mol. The van der Waals surface area contributed by atoms with Crippen molar-refractivity contribution in [3.05, 3.63) is 66.0 Å². The molecule has 4 rings (SSSR count). The van der Waals surface area contributed by atoms with Crippen LogP contribution in [0.2, 0.25) is 0 Å². The molecule has 3 amide bonds. The van der Waals surface area contributed by atoms with Crippen LogP contribution in [0.3, 0.4) is 0 Å². The summed E-state index contributed by atoms with van der Waals surface area (Å²) in [5, 5.41) is 9.54. The van der Waals surface area contributed by atoms with E-state index in [9.17, 15) is 14.0 Å². The second kappa shape index (κ2) is 10.1. The Morgan fingerprint density at radius 3 is 2.35 bits per heavy atom. The zero-order valence-electron chi connectivity index (χ0n) is 17.2. The van der Waals surface area contributed by atoms with Crippen molar-refractivity contribution in [3.63, 3.8) is 0 Å².